The lowest BCUT2D eigenvalue weighted by atomic mass is 10.4. The summed E-state index contributed by atoms with van der Waals surface area (Å²) in [6.07, 6.45) is 3.22. The lowest BCUT2D eigenvalue weighted by molar-refractivity contribution is 0.679. The summed E-state index contributed by atoms with van der Waals surface area (Å²) in [5.41, 5.74) is 0. The normalized spacial score (nSPS) is 14.1. The van der Waals surface area contributed by atoms with E-state index in [0.717, 1.165) is 6.54 Å². The van der Waals surface area contributed by atoms with Crippen molar-refractivity contribution < 1.29 is 4.21 Å². The summed E-state index contributed by atoms with van der Waals surface area (Å²) in [7, 11) is -0.864. The van der Waals surface area contributed by atoms with Gasteiger partial charge >= 0.3 is 0 Å². The SMILES string of the molecule is CCNc1ncc(Cl)c(NCC(C)S(C)=O)n1. The molecule has 2 N–H and O–H groups in total. The molecule has 0 bridgehead atoms. The second-order valence-electron chi connectivity index (χ2n) is 3.61. The summed E-state index contributed by atoms with van der Waals surface area (Å²) >= 11 is 5.97. The monoisotopic (exact) mass is 276 g/mol. The molecule has 96 valence electrons. The molecule has 5 nitrogen and oxygen atoms in total. The molecule has 0 amide bonds. The van der Waals surface area contributed by atoms with Crippen molar-refractivity contribution in [1.29, 1.82) is 0 Å². The van der Waals surface area contributed by atoms with E-state index in [0.29, 0.717) is 23.3 Å². The van der Waals surface area contributed by atoms with Gasteiger partial charge in [-0.2, -0.15) is 4.98 Å². The average Bonchev–Trinajstić information content (AvgIpc) is 2.29. The van der Waals surface area contributed by atoms with E-state index in [4.69, 9.17) is 11.6 Å². The maximum atomic E-state index is 11.2. The molecule has 1 rings (SSSR count). The van der Waals surface area contributed by atoms with Crippen LogP contribution in [0.4, 0.5) is 11.8 Å². The summed E-state index contributed by atoms with van der Waals surface area (Å²) in [5, 5.41) is 6.59. The van der Waals surface area contributed by atoms with Crippen LogP contribution in [0.5, 0.6) is 0 Å². The van der Waals surface area contributed by atoms with Gasteiger partial charge in [0, 0.05) is 35.4 Å². The summed E-state index contributed by atoms with van der Waals surface area (Å²) < 4.78 is 11.2. The van der Waals surface area contributed by atoms with Crippen molar-refractivity contribution in [2.75, 3.05) is 30.0 Å². The molecule has 0 aliphatic heterocycles. The van der Waals surface area contributed by atoms with Crippen LogP contribution in [0.15, 0.2) is 6.20 Å². The smallest absolute Gasteiger partial charge is 0.224 e. The number of hydrogen-bond donors (Lipinski definition) is 2. The van der Waals surface area contributed by atoms with Gasteiger partial charge in [-0.1, -0.05) is 11.6 Å². The Morgan fingerprint density at radius 3 is 2.82 bits per heavy atom. The van der Waals surface area contributed by atoms with E-state index in [9.17, 15) is 4.21 Å². The highest BCUT2D eigenvalue weighted by atomic mass is 35.5. The Morgan fingerprint density at radius 2 is 2.24 bits per heavy atom. The maximum Gasteiger partial charge on any atom is 0.224 e. The molecular weight excluding hydrogens is 260 g/mol. The highest BCUT2D eigenvalue weighted by Gasteiger charge is 2.09. The van der Waals surface area contributed by atoms with Gasteiger partial charge in [0.2, 0.25) is 5.95 Å². The van der Waals surface area contributed by atoms with Crippen molar-refractivity contribution in [1.82, 2.24) is 9.97 Å². The van der Waals surface area contributed by atoms with Gasteiger partial charge in [-0.15, -0.1) is 0 Å². The zero-order chi connectivity index (χ0) is 12.8. The van der Waals surface area contributed by atoms with Crippen LogP contribution in [0, 0.1) is 0 Å². The topological polar surface area (TPSA) is 66.9 Å². The van der Waals surface area contributed by atoms with Crippen LogP contribution in [-0.2, 0) is 10.8 Å². The maximum absolute atomic E-state index is 11.2. The van der Waals surface area contributed by atoms with E-state index in [1.807, 2.05) is 13.8 Å². The summed E-state index contributed by atoms with van der Waals surface area (Å²) in [4.78, 5) is 8.27. The molecule has 1 aromatic heterocycles. The molecule has 0 aliphatic rings. The first kappa shape index (κ1) is 14.2. The van der Waals surface area contributed by atoms with Crippen LogP contribution in [0.3, 0.4) is 0 Å². The molecule has 0 aromatic carbocycles. The van der Waals surface area contributed by atoms with Crippen LogP contribution >= 0.6 is 11.6 Å². The van der Waals surface area contributed by atoms with Crippen LogP contribution < -0.4 is 10.6 Å². The molecule has 2 unspecified atom stereocenters. The molecule has 0 fully saturated rings. The Balaban J connectivity index is 2.69. The van der Waals surface area contributed by atoms with Crippen molar-refractivity contribution in [3.8, 4) is 0 Å². The number of rotatable bonds is 6. The third-order valence-corrected chi connectivity index (χ3v) is 3.78. The van der Waals surface area contributed by atoms with E-state index in [1.54, 1.807) is 12.5 Å². The Bertz CT molecular complexity index is 402. The predicted molar refractivity (Wildman–Crippen MR) is 73.2 cm³/mol. The average molecular weight is 277 g/mol. The Labute approximate surface area is 109 Å². The first-order valence-electron chi connectivity index (χ1n) is 5.37. The molecule has 7 heteroatoms. The summed E-state index contributed by atoms with van der Waals surface area (Å²) in [5.74, 6) is 1.10. The van der Waals surface area contributed by atoms with Gasteiger partial charge in [0.05, 0.1) is 6.20 Å². The van der Waals surface area contributed by atoms with E-state index in [2.05, 4.69) is 20.6 Å². The lowest BCUT2D eigenvalue weighted by Crippen LogP contribution is -2.21. The van der Waals surface area contributed by atoms with Crippen LogP contribution in [0.25, 0.3) is 0 Å². The quantitative estimate of drug-likeness (QED) is 0.828. The highest BCUT2D eigenvalue weighted by Crippen LogP contribution is 2.19. The van der Waals surface area contributed by atoms with Gasteiger partial charge in [-0.25, -0.2) is 4.98 Å². The Kier molecular flexibility index (Phi) is 5.64. The molecule has 1 heterocycles. The number of nitrogens with zero attached hydrogens (tertiary/aromatic N) is 2. The summed E-state index contributed by atoms with van der Waals surface area (Å²) in [6, 6.07) is 0. The van der Waals surface area contributed by atoms with Crippen molar-refractivity contribution in [3.05, 3.63) is 11.2 Å². The number of aromatic nitrogens is 2. The van der Waals surface area contributed by atoms with E-state index in [1.165, 1.54) is 0 Å². The second-order valence-corrected chi connectivity index (χ2v) is 5.82. The second kappa shape index (κ2) is 6.76. The predicted octanol–water partition coefficient (Wildman–Crippen LogP) is 1.74. The minimum absolute atomic E-state index is 0.0450. The van der Waals surface area contributed by atoms with E-state index >= 15 is 0 Å². The fourth-order valence-corrected chi connectivity index (χ4v) is 1.57. The third kappa shape index (κ3) is 4.47. The van der Waals surface area contributed by atoms with E-state index in [-0.39, 0.29) is 5.25 Å². The lowest BCUT2D eigenvalue weighted by Gasteiger charge is -2.12. The highest BCUT2D eigenvalue weighted by molar-refractivity contribution is 7.84. The number of nitrogens with one attached hydrogen (secondary N) is 2. The molecule has 0 radical (unpaired) electrons. The molecule has 2 atom stereocenters. The van der Waals surface area contributed by atoms with Crippen molar-refractivity contribution in [2.45, 2.75) is 19.1 Å². The first-order chi connectivity index (χ1) is 8.04. The van der Waals surface area contributed by atoms with Crippen molar-refractivity contribution in [2.24, 2.45) is 0 Å². The number of anilines is 2. The van der Waals surface area contributed by atoms with Gasteiger partial charge in [-0.3, -0.25) is 4.21 Å². The number of halogens is 1. The van der Waals surface area contributed by atoms with Gasteiger partial charge in [0.1, 0.15) is 5.02 Å². The zero-order valence-corrected chi connectivity index (χ0v) is 11.7. The largest absolute Gasteiger partial charge is 0.367 e. The van der Waals surface area contributed by atoms with Gasteiger partial charge in [0.15, 0.2) is 5.82 Å². The molecular formula is C10H17ClN4OS. The standard InChI is InChI=1S/C10H17ClN4OS/c1-4-12-10-14-6-8(11)9(15-10)13-5-7(2)17(3)16/h6-7H,4-5H2,1-3H3,(H2,12,13,14,15). The van der Waals surface area contributed by atoms with Crippen LogP contribution in [0.2, 0.25) is 5.02 Å². The van der Waals surface area contributed by atoms with Gasteiger partial charge in [-0.05, 0) is 13.8 Å². The fraction of sp³-hybridized carbons (Fsp3) is 0.600. The van der Waals surface area contributed by atoms with Crippen LogP contribution in [0.1, 0.15) is 13.8 Å². The molecule has 0 saturated heterocycles. The Morgan fingerprint density at radius 1 is 1.53 bits per heavy atom. The molecule has 1 aromatic rings. The first-order valence-corrected chi connectivity index (χ1v) is 7.37. The van der Waals surface area contributed by atoms with Crippen LogP contribution in [-0.4, -0.2) is 38.8 Å². The minimum atomic E-state index is -0.864. The van der Waals surface area contributed by atoms with Crippen molar-refractivity contribution >= 4 is 34.2 Å². The Hall–Kier alpha value is -0.880. The van der Waals surface area contributed by atoms with Gasteiger partial charge in [0.25, 0.3) is 0 Å². The van der Waals surface area contributed by atoms with Crippen molar-refractivity contribution in [3.63, 3.8) is 0 Å². The van der Waals surface area contributed by atoms with Gasteiger partial charge < -0.3 is 10.6 Å². The van der Waals surface area contributed by atoms with E-state index < -0.39 is 10.8 Å². The fourth-order valence-electron chi connectivity index (χ4n) is 1.09. The molecule has 0 spiro atoms. The third-order valence-electron chi connectivity index (χ3n) is 2.20. The summed E-state index contributed by atoms with van der Waals surface area (Å²) in [6.45, 7) is 5.18. The molecule has 0 saturated carbocycles. The minimum Gasteiger partial charge on any atom is -0.367 e. The molecule has 0 aliphatic carbocycles. The molecule has 17 heavy (non-hydrogen) atoms. The zero-order valence-electron chi connectivity index (χ0n) is 10.2. The number of hydrogen-bond acceptors (Lipinski definition) is 5.